The van der Waals surface area contributed by atoms with Crippen molar-refractivity contribution in [2.24, 2.45) is 5.92 Å². The van der Waals surface area contributed by atoms with Gasteiger partial charge in [-0.3, -0.25) is 14.4 Å². The molecule has 0 aromatic heterocycles. The van der Waals surface area contributed by atoms with Crippen LogP contribution < -0.4 is 0 Å². The summed E-state index contributed by atoms with van der Waals surface area (Å²) < 4.78 is 38.1. The maximum Gasteiger partial charge on any atom is 0.416 e. The summed E-state index contributed by atoms with van der Waals surface area (Å²) >= 11 is 0. The molecule has 0 saturated carbocycles. The average molecular weight is 425 g/mol. The number of carbonyl (C=O) groups is 3. The van der Waals surface area contributed by atoms with Crippen molar-refractivity contribution in [3.63, 3.8) is 0 Å². The predicted octanol–water partition coefficient (Wildman–Crippen LogP) is 2.64. The van der Waals surface area contributed by atoms with Gasteiger partial charge >= 0.3 is 6.18 Å². The number of rotatable bonds is 3. The van der Waals surface area contributed by atoms with Gasteiger partial charge in [0.25, 0.3) is 5.91 Å². The van der Waals surface area contributed by atoms with Gasteiger partial charge in [-0.2, -0.15) is 13.2 Å². The second-order valence-electron chi connectivity index (χ2n) is 8.09. The van der Waals surface area contributed by atoms with Crippen molar-refractivity contribution in [2.45, 2.75) is 38.9 Å². The molecule has 2 aliphatic heterocycles. The Kier molecular flexibility index (Phi) is 6.38. The van der Waals surface area contributed by atoms with Gasteiger partial charge < -0.3 is 14.7 Å². The maximum atomic E-state index is 12.9. The van der Waals surface area contributed by atoms with Crippen molar-refractivity contribution in [3.05, 3.63) is 35.4 Å². The van der Waals surface area contributed by atoms with Crippen LogP contribution in [0.25, 0.3) is 0 Å². The van der Waals surface area contributed by atoms with Gasteiger partial charge in [-0.1, -0.05) is 0 Å². The molecule has 1 unspecified atom stereocenters. The normalized spacial score (nSPS) is 20.7. The highest BCUT2D eigenvalue weighted by Gasteiger charge is 2.38. The van der Waals surface area contributed by atoms with Gasteiger partial charge in [0.1, 0.15) is 0 Å². The number of nitrogens with zero attached hydrogens (tertiary/aromatic N) is 3. The molecule has 2 aliphatic rings. The highest BCUT2D eigenvalue weighted by atomic mass is 19.4. The van der Waals surface area contributed by atoms with Crippen LogP contribution in [0.15, 0.2) is 24.3 Å². The monoisotopic (exact) mass is 425 g/mol. The van der Waals surface area contributed by atoms with Crippen LogP contribution in [0.5, 0.6) is 0 Å². The van der Waals surface area contributed by atoms with Gasteiger partial charge in [-0.05, 0) is 44.5 Å². The lowest BCUT2D eigenvalue weighted by atomic mass is 10.1. The van der Waals surface area contributed by atoms with Crippen LogP contribution in [-0.4, -0.2) is 71.2 Å². The molecule has 164 valence electrons. The quantitative estimate of drug-likeness (QED) is 0.748. The SMILES string of the molecule is CC(C)N1CC(C(=O)N2CCCN(C(=O)c3ccc(C(F)(F)F)cc3)CC2)CC1=O. The fraction of sp³-hybridized carbons (Fsp3) is 0.571. The zero-order chi connectivity index (χ0) is 22.1. The Morgan fingerprint density at radius 1 is 1.00 bits per heavy atom. The number of alkyl halides is 3. The number of likely N-dealkylation sites (tertiary alicyclic amines) is 1. The summed E-state index contributed by atoms with van der Waals surface area (Å²) in [6, 6.07) is 4.22. The number of benzene rings is 1. The molecule has 1 aromatic carbocycles. The lowest BCUT2D eigenvalue weighted by molar-refractivity contribution is -0.137. The second kappa shape index (κ2) is 8.65. The largest absolute Gasteiger partial charge is 0.416 e. The molecular formula is C21H26F3N3O3. The highest BCUT2D eigenvalue weighted by molar-refractivity contribution is 5.94. The van der Waals surface area contributed by atoms with Gasteiger partial charge in [-0.15, -0.1) is 0 Å². The van der Waals surface area contributed by atoms with E-state index in [0.717, 1.165) is 12.1 Å². The number of carbonyl (C=O) groups excluding carboxylic acids is 3. The molecule has 2 fully saturated rings. The summed E-state index contributed by atoms with van der Waals surface area (Å²) in [5, 5.41) is 0. The molecule has 1 atom stereocenters. The van der Waals surface area contributed by atoms with Crippen molar-refractivity contribution in [1.29, 1.82) is 0 Å². The first-order valence-electron chi connectivity index (χ1n) is 10.1. The van der Waals surface area contributed by atoms with Crippen LogP contribution in [0.3, 0.4) is 0 Å². The Hall–Kier alpha value is -2.58. The average Bonchev–Trinajstić information content (AvgIpc) is 2.93. The fourth-order valence-electron chi connectivity index (χ4n) is 3.98. The Labute approximate surface area is 173 Å². The Balaban J connectivity index is 1.60. The van der Waals surface area contributed by atoms with E-state index in [1.54, 1.807) is 14.7 Å². The van der Waals surface area contributed by atoms with Gasteiger partial charge in [0.05, 0.1) is 11.5 Å². The minimum Gasteiger partial charge on any atom is -0.341 e. The lowest BCUT2D eigenvalue weighted by Crippen LogP contribution is -2.41. The molecule has 2 heterocycles. The van der Waals surface area contributed by atoms with E-state index in [1.165, 1.54) is 12.1 Å². The van der Waals surface area contributed by atoms with Gasteiger partial charge in [0.15, 0.2) is 0 Å². The minimum absolute atomic E-state index is 0.0164. The minimum atomic E-state index is -4.45. The summed E-state index contributed by atoms with van der Waals surface area (Å²) in [4.78, 5) is 42.6. The molecule has 0 bridgehead atoms. The molecule has 0 N–H and O–H groups in total. The molecule has 3 rings (SSSR count). The molecule has 30 heavy (non-hydrogen) atoms. The lowest BCUT2D eigenvalue weighted by Gasteiger charge is -2.25. The topological polar surface area (TPSA) is 60.9 Å². The van der Waals surface area contributed by atoms with Gasteiger partial charge in [0, 0.05) is 50.7 Å². The van der Waals surface area contributed by atoms with Gasteiger partial charge in [0.2, 0.25) is 11.8 Å². The molecule has 1 aromatic rings. The highest BCUT2D eigenvalue weighted by Crippen LogP contribution is 2.29. The zero-order valence-corrected chi connectivity index (χ0v) is 17.1. The molecule has 0 aliphatic carbocycles. The molecule has 3 amide bonds. The van der Waals surface area contributed by atoms with Crippen molar-refractivity contribution in [1.82, 2.24) is 14.7 Å². The predicted molar refractivity (Wildman–Crippen MR) is 104 cm³/mol. The number of halogens is 3. The standard InChI is InChI=1S/C21H26F3N3O3/c1-14(2)27-13-16(12-18(27)28)20(30)26-9-3-8-25(10-11-26)19(29)15-4-6-17(7-5-15)21(22,23)24/h4-7,14,16H,3,8-13H2,1-2H3. The Morgan fingerprint density at radius 2 is 1.60 bits per heavy atom. The molecule has 0 radical (unpaired) electrons. The van der Waals surface area contributed by atoms with E-state index >= 15 is 0 Å². The van der Waals surface area contributed by atoms with Crippen LogP contribution in [0, 0.1) is 5.92 Å². The first-order valence-corrected chi connectivity index (χ1v) is 10.1. The van der Waals surface area contributed by atoms with Crippen molar-refractivity contribution in [3.8, 4) is 0 Å². The van der Waals surface area contributed by atoms with E-state index < -0.39 is 11.7 Å². The number of hydrogen-bond acceptors (Lipinski definition) is 3. The molecule has 0 spiro atoms. The summed E-state index contributed by atoms with van der Waals surface area (Å²) in [5.74, 6) is -0.801. The number of hydrogen-bond donors (Lipinski definition) is 0. The van der Waals surface area contributed by atoms with Crippen LogP contribution in [0.4, 0.5) is 13.2 Å². The van der Waals surface area contributed by atoms with Crippen LogP contribution in [0.1, 0.15) is 42.6 Å². The smallest absolute Gasteiger partial charge is 0.341 e. The van der Waals surface area contributed by atoms with Crippen LogP contribution >= 0.6 is 0 Å². The summed E-state index contributed by atoms with van der Waals surface area (Å²) in [6.07, 6.45) is -3.66. The first kappa shape index (κ1) is 22.1. The van der Waals surface area contributed by atoms with Crippen LogP contribution in [0.2, 0.25) is 0 Å². The van der Waals surface area contributed by atoms with E-state index in [2.05, 4.69) is 0 Å². The third-order valence-electron chi connectivity index (χ3n) is 5.68. The first-order chi connectivity index (χ1) is 14.1. The second-order valence-corrected chi connectivity index (χ2v) is 8.09. The number of amides is 3. The summed E-state index contributed by atoms with van der Waals surface area (Å²) in [5.41, 5.74) is -0.606. The Bertz CT molecular complexity index is 808. The van der Waals surface area contributed by atoms with Crippen molar-refractivity contribution in [2.75, 3.05) is 32.7 Å². The molecule has 6 nitrogen and oxygen atoms in total. The van der Waals surface area contributed by atoms with E-state index in [9.17, 15) is 27.6 Å². The Morgan fingerprint density at radius 3 is 2.17 bits per heavy atom. The molecule has 2 saturated heterocycles. The van der Waals surface area contributed by atoms with E-state index in [1.807, 2.05) is 13.8 Å². The summed E-state index contributed by atoms with van der Waals surface area (Å²) in [7, 11) is 0. The van der Waals surface area contributed by atoms with Crippen molar-refractivity contribution < 1.29 is 27.6 Å². The van der Waals surface area contributed by atoms with Crippen LogP contribution in [-0.2, 0) is 15.8 Å². The molecule has 9 heteroatoms. The summed E-state index contributed by atoms with van der Waals surface area (Å²) in [6.45, 7) is 5.81. The fourth-order valence-corrected chi connectivity index (χ4v) is 3.98. The third-order valence-corrected chi connectivity index (χ3v) is 5.68. The van der Waals surface area contributed by atoms with E-state index in [0.29, 0.717) is 39.1 Å². The maximum absolute atomic E-state index is 12.9. The van der Waals surface area contributed by atoms with E-state index in [4.69, 9.17) is 0 Å². The van der Waals surface area contributed by atoms with Gasteiger partial charge in [-0.25, -0.2) is 0 Å². The zero-order valence-electron chi connectivity index (χ0n) is 17.1. The third kappa shape index (κ3) is 4.76. The van der Waals surface area contributed by atoms with Crippen molar-refractivity contribution >= 4 is 17.7 Å². The van der Waals surface area contributed by atoms with E-state index in [-0.39, 0.29) is 41.7 Å². The molecular weight excluding hydrogens is 399 g/mol.